The van der Waals surface area contributed by atoms with E-state index in [-0.39, 0.29) is 6.04 Å². The fourth-order valence-electron chi connectivity index (χ4n) is 3.64. The van der Waals surface area contributed by atoms with E-state index in [1.807, 2.05) is 0 Å². The first kappa shape index (κ1) is 14.9. The van der Waals surface area contributed by atoms with Crippen molar-refractivity contribution in [1.82, 2.24) is 10.2 Å². The Balaban J connectivity index is 1.70. The maximum atomic E-state index is 13.4. The summed E-state index contributed by atoms with van der Waals surface area (Å²) < 4.78 is 40.1. The van der Waals surface area contributed by atoms with Gasteiger partial charge in [0.2, 0.25) is 0 Å². The third-order valence-corrected chi connectivity index (χ3v) is 4.68. The molecule has 116 valence electrons. The van der Waals surface area contributed by atoms with Gasteiger partial charge in [0, 0.05) is 12.1 Å². The minimum Gasteiger partial charge on any atom is -0.300 e. The van der Waals surface area contributed by atoms with Crippen molar-refractivity contribution in [2.45, 2.75) is 50.0 Å². The summed E-state index contributed by atoms with van der Waals surface area (Å²) in [5.41, 5.74) is 0.304. The molecule has 3 unspecified atom stereocenters. The van der Waals surface area contributed by atoms with Gasteiger partial charge in [-0.15, -0.1) is 0 Å². The van der Waals surface area contributed by atoms with Crippen LogP contribution in [0.3, 0.4) is 0 Å². The predicted molar refractivity (Wildman–Crippen MR) is 76.0 cm³/mol. The molecule has 0 saturated carbocycles. The van der Waals surface area contributed by atoms with Crippen LogP contribution in [0.1, 0.15) is 37.3 Å². The Kier molecular flexibility index (Phi) is 4.22. The Morgan fingerprint density at radius 2 is 1.86 bits per heavy atom. The Labute approximate surface area is 123 Å². The van der Waals surface area contributed by atoms with Crippen LogP contribution < -0.4 is 5.32 Å². The van der Waals surface area contributed by atoms with Crippen LogP contribution in [-0.2, 0) is 0 Å². The summed E-state index contributed by atoms with van der Waals surface area (Å²) in [5.74, 6) is 0. The highest BCUT2D eigenvalue weighted by molar-refractivity contribution is 5.20. The van der Waals surface area contributed by atoms with E-state index in [0.29, 0.717) is 11.6 Å². The van der Waals surface area contributed by atoms with Crippen LogP contribution in [0.25, 0.3) is 0 Å². The normalized spacial score (nSPS) is 28.3. The number of nitrogens with one attached hydrogen (secondary N) is 1. The molecule has 1 N–H and O–H groups in total. The molecule has 0 amide bonds. The minimum atomic E-state index is -4.26. The lowest BCUT2D eigenvalue weighted by molar-refractivity contribution is -0.160. The lowest BCUT2D eigenvalue weighted by Gasteiger charge is -2.37. The molecule has 3 rings (SSSR count). The van der Waals surface area contributed by atoms with Gasteiger partial charge in [-0.1, -0.05) is 30.3 Å². The SMILES string of the molecule is FC(F)(F)C(NC1CCN2CCCC2C1)c1ccccc1. The number of benzene rings is 1. The minimum absolute atomic E-state index is 0.0452. The first-order valence-electron chi connectivity index (χ1n) is 7.66. The van der Waals surface area contributed by atoms with Crippen molar-refractivity contribution >= 4 is 0 Å². The molecular formula is C16H21F3N2. The number of halogens is 3. The molecule has 1 aromatic carbocycles. The highest BCUT2D eigenvalue weighted by Gasteiger charge is 2.43. The van der Waals surface area contributed by atoms with Crippen LogP contribution in [0.4, 0.5) is 13.2 Å². The topological polar surface area (TPSA) is 15.3 Å². The Morgan fingerprint density at radius 3 is 2.57 bits per heavy atom. The fraction of sp³-hybridized carbons (Fsp3) is 0.625. The molecule has 2 heterocycles. The van der Waals surface area contributed by atoms with Gasteiger partial charge in [0.25, 0.3) is 0 Å². The highest BCUT2D eigenvalue weighted by atomic mass is 19.4. The second-order valence-electron chi connectivity index (χ2n) is 6.11. The number of hydrogen-bond acceptors (Lipinski definition) is 2. The van der Waals surface area contributed by atoms with E-state index in [2.05, 4.69) is 10.2 Å². The summed E-state index contributed by atoms with van der Waals surface area (Å²) in [6.45, 7) is 2.03. The van der Waals surface area contributed by atoms with Crippen LogP contribution in [0.5, 0.6) is 0 Å². The molecule has 1 aromatic rings. The molecule has 2 aliphatic rings. The van der Waals surface area contributed by atoms with Crippen molar-refractivity contribution < 1.29 is 13.2 Å². The van der Waals surface area contributed by atoms with Gasteiger partial charge in [0.1, 0.15) is 6.04 Å². The number of alkyl halides is 3. The Hall–Kier alpha value is -1.07. The van der Waals surface area contributed by atoms with Gasteiger partial charge in [-0.2, -0.15) is 13.2 Å². The number of nitrogens with zero attached hydrogens (tertiary/aromatic N) is 1. The molecule has 0 aliphatic carbocycles. The van der Waals surface area contributed by atoms with Crippen LogP contribution >= 0.6 is 0 Å². The molecule has 2 nitrogen and oxygen atoms in total. The molecular weight excluding hydrogens is 277 g/mol. The van der Waals surface area contributed by atoms with Crippen LogP contribution in [0, 0.1) is 0 Å². The van der Waals surface area contributed by atoms with E-state index >= 15 is 0 Å². The first-order valence-corrected chi connectivity index (χ1v) is 7.66. The van der Waals surface area contributed by atoms with Crippen LogP contribution in [0.15, 0.2) is 30.3 Å². The maximum Gasteiger partial charge on any atom is 0.407 e. The standard InChI is InChI=1S/C16H21F3N2/c17-16(18,19)15(12-5-2-1-3-6-12)20-13-8-10-21-9-4-7-14(21)11-13/h1-3,5-6,13-15,20H,4,7-11H2. The highest BCUT2D eigenvalue weighted by Crippen LogP contribution is 2.35. The van der Waals surface area contributed by atoms with Gasteiger partial charge >= 0.3 is 6.18 Å². The maximum absolute atomic E-state index is 13.4. The summed E-state index contributed by atoms with van der Waals surface area (Å²) >= 11 is 0. The average Bonchev–Trinajstić information content (AvgIpc) is 2.92. The molecule has 2 fully saturated rings. The van der Waals surface area contributed by atoms with Crippen molar-refractivity contribution in [2.75, 3.05) is 13.1 Å². The summed E-state index contributed by atoms with van der Waals surface area (Å²) in [6, 6.07) is 7.04. The van der Waals surface area contributed by atoms with Crippen molar-refractivity contribution in [3.63, 3.8) is 0 Å². The average molecular weight is 298 g/mol. The third-order valence-electron chi connectivity index (χ3n) is 4.68. The van der Waals surface area contributed by atoms with Gasteiger partial charge < -0.3 is 4.90 Å². The van der Waals surface area contributed by atoms with Crippen LogP contribution in [-0.4, -0.2) is 36.2 Å². The third kappa shape index (κ3) is 3.40. The van der Waals surface area contributed by atoms with E-state index in [9.17, 15) is 13.2 Å². The van der Waals surface area contributed by atoms with E-state index in [4.69, 9.17) is 0 Å². The van der Waals surface area contributed by atoms with Gasteiger partial charge in [0.05, 0.1) is 0 Å². The molecule has 2 aliphatic heterocycles. The number of rotatable bonds is 3. The smallest absolute Gasteiger partial charge is 0.300 e. The zero-order valence-corrected chi connectivity index (χ0v) is 11.9. The zero-order chi connectivity index (χ0) is 14.9. The molecule has 0 radical (unpaired) electrons. The van der Waals surface area contributed by atoms with Gasteiger partial charge in [-0.25, -0.2) is 0 Å². The van der Waals surface area contributed by atoms with E-state index in [0.717, 1.165) is 32.4 Å². The van der Waals surface area contributed by atoms with Gasteiger partial charge in [-0.05, 0) is 44.3 Å². The molecule has 0 aromatic heterocycles. The fourth-order valence-corrected chi connectivity index (χ4v) is 3.64. The number of piperidine rings is 1. The Bertz CT molecular complexity index is 460. The predicted octanol–water partition coefficient (Wildman–Crippen LogP) is 3.51. The van der Waals surface area contributed by atoms with Crippen molar-refractivity contribution in [1.29, 1.82) is 0 Å². The second kappa shape index (κ2) is 5.97. The molecule has 0 spiro atoms. The molecule has 3 atom stereocenters. The summed E-state index contributed by atoms with van der Waals surface area (Å²) in [5, 5.41) is 2.87. The molecule has 5 heteroatoms. The van der Waals surface area contributed by atoms with E-state index < -0.39 is 12.2 Å². The lowest BCUT2D eigenvalue weighted by atomic mass is 9.95. The first-order chi connectivity index (χ1) is 10.0. The summed E-state index contributed by atoms with van der Waals surface area (Å²) in [7, 11) is 0. The number of fused-ring (bicyclic) bond motifs is 1. The van der Waals surface area contributed by atoms with Gasteiger partial charge in [-0.3, -0.25) is 5.32 Å². The van der Waals surface area contributed by atoms with Crippen LogP contribution in [0.2, 0.25) is 0 Å². The summed E-state index contributed by atoms with van der Waals surface area (Å²) in [4.78, 5) is 2.42. The number of hydrogen-bond donors (Lipinski definition) is 1. The quantitative estimate of drug-likeness (QED) is 0.918. The van der Waals surface area contributed by atoms with Crippen molar-refractivity contribution in [3.05, 3.63) is 35.9 Å². The zero-order valence-electron chi connectivity index (χ0n) is 11.9. The van der Waals surface area contributed by atoms with Gasteiger partial charge in [0.15, 0.2) is 0 Å². The molecule has 2 saturated heterocycles. The van der Waals surface area contributed by atoms with Crippen molar-refractivity contribution in [3.8, 4) is 0 Å². The second-order valence-corrected chi connectivity index (χ2v) is 6.11. The molecule has 21 heavy (non-hydrogen) atoms. The largest absolute Gasteiger partial charge is 0.407 e. The lowest BCUT2D eigenvalue weighted by Crippen LogP contribution is -2.49. The monoisotopic (exact) mass is 298 g/mol. The van der Waals surface area contributed by atoms with E-state index in [1.165, 1.54) is 6.42 Å². The van der Waals surface area contributed by atoms with Crippen molar-refractivity contribution in [2.24, 2.45) is 0 Å². The Morgan fingerprint density at radius 1 is 1.10 bits per heavy atom. The van der Waals surface area contributed by atoms with E-state index in [1.54, 1.807) is 30.3 Å². The summed E-state index contributed by atoms with van der Waals surface area (Å²) in [6.07, 6.45) is -0.317. The molecule has 0 bridgehead atoms.